The van der Waals surface area contributed by atoms with Gasteiger partial charge < -0.3 is 10.6 Å². The van der Waals surface area contributed by atoms with Crippen molar-refractivity contribution in [1.82, 2.24) is 10.6 Å². The fourth-order valence-electron chi connectivity index (χ4n) is 1.22. The lowest BCUT2D eigenvalue weighted by molar-refractivity contribution is 0.0953. The molecule has 15 heavy (non-hydrogen) atoms. The summed E-state index contributed by atoms with van der Waals surface area (Å²) in [6.07, 6.45) is 0. The second-order valence-electron chi connectivity index (χ2n) is 3.30. The number of benzene rings is 1. The van der Waals surface area contributed by atoms with Gasteiger partial charge >= 0.3 is 0 Å². The van der Waals surface area contributed by atoms with Gasteiger partial charge in [-0.05, 0) is 48.2 Å². The second kappa shape index (κ2) is 6.07. The molecule has 2 N–H and O–H groups in total. The minimum absolute atomic E-state index is 0.00153. The van der Waals surface area contributed by atoms with Crippen LogP contribution in [0.3, 0.4) is 0 Å². The average molecular weight is 318 g/mol. The predicted molar refractivity (Wildman–Crippen MR) is 70.2 cm³/mol. The van der Waals surface area contributed by atoms with Crippen LogP contribution in [0.1, 0.15) is 15.9 Å². The topological polar surface area (TPSA) is 41.1 Å². The van der Waals surface area contributed by atoms with Crippen molar-refractivity contribution in [2.24, 2.45) is 0 Å². The molecule has 0 aliphatic heterocycles. The van der Waals surface area contributed by atoms with E-state index in [2.05, 4.69) is 33.2 Å². The van der Waals surface area contributed by atoms with Gasteiger partial charge in [-0.25, -0.2) is 0 Å². The van der Waals surface area contributed by atoms with E-state index >= 15 is 0 Å². The molecular weight excluding hydrogens is 303 g/mol. The third-order valence-corrected chi connectivity index (χ3v) is 3.53. The highest BCUT2D eigenvalue weighted by Crippen LogP contribution is 2.16. The Balaban J connectivity index is 2.69. The number of likely N-dealkylation sites (N-methyl/N-ethyl adjacent to an activating group) is 1. The second-order valence-corrected chi connectivity index (χ2v) is 4.37. The third kappa shape index (κ3) is 3.46. The maximum atomic E-state index is 11.7. The summed E-state index contributed by atoms with van der Waals surface area (Å²) in [7, 11) is 1.86. The van der Waals surface area contributed by atoms with Crippen LogP contribution in [0.15, 0.2) is 18.2 Å². The Morgan fingerprint density at radius 1 is 1.40 bits per heavy atom. The molecule has 82 valence electrons. The first kappa shape index (κ1) is 12.4. The van der Waals surface area contributed by atoms with Crippen LogP contribution in [0.25, 0.3) is 0 Å². The minimum atomic E-state index is -0.00153. The summed E-state index contributed by atoms with van der Waals surface area (Å²) in [6, 6.07) is 5.76. The summed E-state index contributed by atoms with van der Waals surface area (Å²) in [5.74, 6) is -0.00153. The van der Waals surface area contributed by atoms with Crippen LogP contribution in [-0.2, 0) is 0 Å². The molecule has 0 saturated carbocycles. The average Bonchev–Trinajstić information content (AvgIpc) is 2.22. The number of nitrogens with one attached hydrogen (secondary N) is 2. The van der Waals surface area contributed by atoms with Crippen LogP contribution < -0.4 is 10.6 Å². The molecule has 1 amide bonds. The molecule has 0 saturated heterocycles. The van der Waals surface area contributed by atoms with Gasteiger partial charge in [0.25, 0.3) is 5.91 Å². The van der Waals surface area contributed by atoms with Crippen LogP contribution in [0.5, 0.6) is 0 Å². The quantitative estimate of drug-likeness (QED) is 0.653. The van der Waals surface area contributed by atoms with Crippen molar-refractivity contribution in [3.05, 3.63) is 32.9 Å². The molecule has 0 bridgehead atoms. The molecule has 1 aromatic rings. The Hall–Kier alpha value is -0.620. The maximum absolute atomic E-state index is 11.7. The number of hydrogen-bond acceptors (Lipinski definition) is 2. The maximum Gasteiger partial charge on any atom is 0.252 e. The van der Waals surface area contributed by atoms with Gasteiger partial charge in [-0.3, -0.25) is 4.79 Å². The molecule has 0 aliphatic carbocycles. The smallest absolute Gasteiger partial charge is 0.252 e. The highest BCUT2D eigenvalue weighted by atomic mass is 127. The van der Waals surface area contributed by atoms with Gasteiger partial charge in [0.1, 0.15) is 0 Å². The molecule has 4 heteroatoms. The van der Waals surface area contributed by atoms with Gasteiger partial charge in [-0.15, -0.1) is 0 Å². The Labute approximate surface area is 104 Å². The van der Waals surface area contributed by atoms with E-state index in [0.29, 0.717) is 6.54 Å². The number of hydrogen-bond donors (Lipinski definition) is 2. The lowest BCUT2D eigenvalue weighted by atomic mass is 10.1. The van der Waals surface area contributed by atoms with Crippen molar-refractivity contribution in [2.75, 3.05) is 20.1 Å². The zero-order chi connectivity index (χ0) is 11.3. The van der Waals surface area contributed by atoms with Crippen molar-refractivity contribution >= 4 is 28.5 Å². The summed E-state index contributed by atoms with van der Waals surface area (Å²) in [6.45, 7) is 3.44. The van der Waals surface area contributed by atoms with Gasteiger partial charge in [-0.1, -0.05) is 12.1 Å². The van der Waals surface area contributed by atoms with Gasteiger partial charge in [0.15, 0.2) is 0 Å². The van der Waals surface area contributed by atoms with Gasteiger partial charge in [0, 0.05) is 16.7 Å². The fraction of sp³-hybridized carbons (Fsp3) is 0.364. The van der Waals surface area contributed by atoms with Crippen LogP contribution in [0.4, 0.5) is 0 Å². The molecule has 0 heterocycles. The van der Waals surface area contributed by atoms with Gasteiger partial charge in [0.05, 0.1) is 5.56 Å². The normalized spacial score (nSPS) is 10.1. The van der Waals surface area contributed by atoms with Crippen molar-refractivity contribution in [1.29, 1.82) is 0 Å². The molecule has 0 aromatic heterocycles. The number of rotatable bonds is 4. The Kier molecular flexibility index (Phi) is 5.04. The molecule has 0 fully saturated rings. The molecule has 1 aromatic carbocycles. The summed E-state index contributed by atoms with van der Waals surface area (Å²) in [5, 5.41) is 5.85. The molecule has 0 unspecified atom stereocenters. The van der Waals surface area contributed by atoms with Crippen LogP contribution >= 0.6 is 22.6 Å². The van der Waals surface area contributed by atoms with Crippen molar-refractivity contribution in [3.63, 3.8) is 0 Å². The van der Waals surface area contributed by atoms with E-state index in [1.807, 2.05) is 32.2 Å². The zero-order valence-electron chi connectivity index (χ0n) is 8.93. The Morgan fingerprint density at radius 3 is 2.80 bits per heavy atom. The van der Waals surface area contributed by atoms with E-state index in [0.717, 1.165) is 21.2 Å². The summed E-state index contributed by atoms with van der Waals surface area (Å²) in [4.78, 5) is 11.7. The lowest BCUT2D eigenvalue weighted by Crippen LogP contribution is -2.30. The zero-order valence-corrected chi connectivity index (χ0v) is 11.1. The van der Waals surface area contributed by atoms with E-state index in [1.165, 1.54) is 0 Å². The highest BCUT2D eigenvalue weighted by Gasteiger charge is 2.09. The molecule has 3 nitrogen and oxygen atoms in total. The fourth-order valence-corrected chi connectivity index (χ4v) is 1.82. The van der Waals surface area contributed by atoms with Crippen LogP contribution in [-0.4, -0.2) is 26.0 Å². The predicted octanol–water partition coefficient (Wildman–Crippen LogP) is 1.55. The molecular formula is C11H15IN2O. The largest absolute Gasteiger partial charge is 0.351 e. The third-order valence-electron chi connectivity index (χ3n) is 2.10. The summed E-state index contributed by atoms with van der Waals surface area (Å²) < 4.78 is 1.03. The van der Waals surface area contributed by atoms with E-state index in [4.69, 9.17) is 0 Å². The highest BCUT2D eigenvalue weighted by molar-refractivity contribution is 14.1. The van der Waals surface area contributed by atoms with Crippen LogP contribution in [0.2, 0.25) is 0 Å². The van der Waals surface area contributed by atoms with E-state index in [-0.39, 0.29) is 5.91 Å². The van der Waals surface area contributed by atoms with E-state index < -0.39 is 0 Å². The first-order chi connectivity index (χ1) is 7.16. The lowest BCUT2D eigenvalue weighted by Gasteiger charge is -2.07. The number of halogens is 1. The van der Waals surface area contributed by atoms with Crippen LogP contribution in [0, 0.1) is 10.5 Å². The molecule has 0 aliphatic rings. The number of carbonyl (C=O) groups is 1. The minimum Gasteiger partial charge on any atom is -0.351 e. The molecule has 0 atom stereocenters. The SMILES string of the molecule is CNCCNC(=O)c1cccc(C)c1I. The monoisotopic (exact) mass is 318 g/mol. The van der Waals surface area contributed by atoms with Crippen molar-refractivity contribution < 1.29 is 4.79 Å². The first-order valence-electron chi connectivity index (χ1n) is 4.84. The number of amides is 1. The molecule has 0 spiro atoms. The first-order valence-corrected chi connectivity index (χ1v) is 5.92. The van der Waals surface area contributed by atoms with Gasteiger partial charge in [0.2, 0.25) is 0 Å². The molecule has 1 rings (SSSR count). The summed E-state index contributed by atoms with van der Waals surface area (Å²) >= 11 is 2.20. The Bertz CT molecular complexity index is 352. The Morgan fingerprint density at radius 2 is 2.13 bits per heavy atom. The number of carbonyl (C=O) groups excluding carboxylic acids is 1. The number of aryl methyl sites for hydroxylation is 1. The van der Waals surface area contributed by atoms with Crippen molar-refractivity contribution in [2.45, 2.75) is 6.92 Å². The summed E-state index contributed by atoms with van der Waals surface area (Å²) in [5.41, 5.74) is 1.89. The van der Waals surface area contributed by atoms with Crippen molar-refractivity contribution in [3.8, 4) is 0 Å². The molecule has 0 radical (unpaired) electrons. The standard InChI is InChI=1S/C11H15IN2O/c1-8-4-3-5-9(10(8)12)11(15)14-7-6-13-2/h3-5,13H,6-7H2,1-2H3,(H,14,15). The van der Waals surface area contributed by atoms with E-state index in [1.54, 1.807) is 0 Å². The van der Waals surface area contributed by atoms with E-state index in [9.17, 15) is 4.79 Å². The van der Waals surface area contributed by atoms with Gasteiger partial charge in [-0.2, -0.15) is 0 Å².